The third-order valence-corrected chi connectivity index (χ3v) is 9.20. The maximum absolute atomic E-state index is 14.0. The molecular weight excluding hydrogens is 685 g/mol. The zero-order chi connectivity index (χ0) is 36.6. The van der Waals surface area contributed by atoms with Crippen molar-refractivity contribution >= 4 is 11.9 Å². The summed E-state index contributed by atoms with van der Waals surface area (Å²) in [5.41, 5.74) is -5.09. The van der Waals surface area contributed by atoms with Gasteiger partial charge in [-0.05, 0) is 77.9 Å². The second kappa shape index (κ2) is 14.0. The molecule has 2 saturated heterocycles. The monoisotopic (exact) mass is 721 g/mol. The molecule has 9 nitrogen and oxygen atoms in total. The maximum atomic E-state index is 14.0. The number of nitrogens with zero attached hydrogens (tertiary/aromatic N) is 7. The Morgan fingerprint density at radius 1 is 0.880 bits per heavy atom. The number of carbonyl (C=O) groups excluding carboxylic acids is 1. The quantitative estimate of drug-likeness (QED) is 0.244. The Bertz CT molecular complexity index is 1630. The second-order valence-electron chi connectivity index (χ2n) is 12.9. The Hall–Kier alpha value is -3.93. The van der Waals surface area contributed by atoms with E-state index in [1.165, 1.54) is 18.0 Å². The number of aryl methyl sites for hydroxylation is 1. The molecule has 3 aromatic rings. The fourth-order valence-electron chi connectivity index (χ4n) is 6.69. The number of piperidine rings is 1. The van der Waals surface area contributed by atoms with Crippen LogP contribution in [0.1, 0.15) is 78.5 Å². The molecule has 2 aliphatic heterocycles. The highest BCUT2D eigenvalue weighted by Gasteiger charge is 2.40. The zero-order valence-corrected chi connectivity index (χ0v) is 27.2. The van der Waals surface area contributed by atoms with Crippen molar-refractivity contribution in [1.82, 2.24) is 30.0 Å². The summed E-state index contributed by atoms with van der Waals surface area (Å²) in [4.78, 5) is 18.0. The molecule has 274 valence electrons. The number of halogens is 9. The van der Waals surface area contributed by atoms with Gasteiger partial charge in [0.2, 0.25) is 5.91 Å². The van der Waals surface area contributed by atoms with E-state index in [9.17, 15) is 49.4 Å². The third-order valence-electron chi connectivity index (χ3n) is 9.20. The highest BCUT2D eigenvalue weighted by molar-refractivity contribution is 5.78. The molecule has 0 bridgehead atoms. The largest absolute Gasteiger partial charge is 0.416 e. The van der Waals surface area contributed by atoms with E-state index < -0.39 is 65.5 Å². The van der Waals surface area contributed by atoms with Crippen molar-refractivity contribution in [2.24, 2.45) is 7.05 Å². The molecule has 2 fully saturated rings. The lowest BCUT2D eigenvalue weighted by Crippen LogP contribution is -2.51. The fourth-order valence-corrected chi connectivity index (χ4v) is 6.69. The maximum Gasteiger partial charge on any atom is 0.416 e. The lowest BCUT2D eigenvalue weighted by molar-refractivity contribution is -0.143. The van der Waals surface area contributed by atoms with Gasteiger partial charge in [0.25, 0.3) is 5.95 Å². The fraction of sp³-hybridized carbons (Fsp3) is 0.562. The second-order valence-corrected chi connectivity index (χ2v) is 12.9. The molecule has 1 N–H and O–H groups in total. The number of carbonyl (C=O) groups is 1. The molecule has 1 amide bonds. The number of rotatable bonds is 10. The summed E-state index contributed by atoms with van der Waals surface area (Å²) in [7, 11) is 1.38. The van der Waals surface area contributed by atoms with E-state index in [2.05, 4.69) is 15.4 Å². The first-order valence-corrected chi connectivity index (χ1v) is 16.0. The molecule has 2 aromatic carbocycles. The highest BCUT2D eigenvalue weighted by Crippen LogP contribution is 2.39. The summed E-state index contributed by atoms with van der Waals surface area (Å²) in [6.45, 7) is 2.25. The number of benzene rings is 2. The molecule has 0 spiro atoms. The first-order valence-electron chi connectivity index (χ1n) is 16.0. The lowest BCUT2D eigenvalue weighted by Gasteiger charge is -2.43. The van der Waals surface area contributed by atoms with Crippen LogP contribution in [-0.4, -0.2) is 72.8 Å². The minimum absolute atomic E-state index is 0.00610. The topological polar surface area (TPSA) is 90.6 Å². The van der Waals surface area contributed by atoms with Crippen molar-refractivity contribution in [3.8, 4) is 0 Å². The van der Waals surface area contributed by atoms with Crippen LogP contribution in [0, 0.1) is 0 Å². The van der Waals surface area contributed by atoms with Gasteiger partial charge in [-0.15, -0.1) is 5.10 Å². The number of aliphatic hydroxyl groups is 1. The van der Waals surface area contributed by atoms with Crippen molar-refractivity contribution in [3.05, 3.63) is 69.8 Å². The first-order chi connectivity index (χ1) is 23.3. The predicted molar refractivity (Wildman–Crippen MR) is 161 cm³/mol. The summed E-state index contributed by atoms with van der Waals surface area (Å²) >= 11 is 0. The number of aromatic nitrogens is 4. The van der Waals surface area contributed by atoms with E-state index in [0.717, 1.165) is 16.9 Å². The third kappa shape index (κ3) is 8.68. The van der Waals surface area contributed by atoms with Gasteiger partial charge in [-0.25, -0.2) is 0 Å². The normalized spacial score (nSPS) is 18.2. The predicted octanol–water partition coefficient (Wildman–Crippen LogP) is 6.37. The van der Waals surface area contributed by atoms with Gasteiger partial charge in [-0.2, -0.15) is 44.3 Å². The van der Waals surface area contributed by atoms with Crippen molar-refractivity contribution in [1.29, 1.82) is 0 Å². The number of hydrogen-bond donors (Lipinski definition) is 1. The summed E-state index contributed by atoms with van der Waals surface area (Å²) in [5, 5.41) is 22.9. The number of anilines is 1. The van der Waals surface area contributed by atoms with Crippen LogP contribution in [0.4, 0.5) is 45.5 Å². The van der Waals surface area contributed by atoms with Crippen molar-refractivity contribution in [2.75, 3.05) is 31.1 Å². The van der Waals surface area contributed by atoms with Gasteiger partial charge >= 0.3 is 18.5 Å². The molecule has 18 heteroatoms. The summed E-state index contributed by atoms with van der Waals surface area (Å²) in [5.74, 6) is -0.252. The molecule has 1 unspecified atom stereocenters. The van der Waals surface area contributed by atoms with E-state index in [-0.39, 0.29) is 30.0 Å². The minimum atomic E-state index is -5.11. The molecule has 3 heterocycles. The number of amides is 1. The van der Waals surface area contributed by atoms with Gasteiger partial charge in [0.15, 0.2) is 0 Å². The van der Waals surface area contributed by atoms with E-state index in [1.807, 2.05) is 11.8 Å². The Labute approximate surface area is 281 Å². The van der Waals surface area contributed by atoms with Crippen molar-refractivity contribution in [3.63, 3.8) is 0 Å². The van der Waals surface area contributed by atoms with Crippen molar-refractivity contribution in [2.45, 2.75) is 82.3 Å². The molecule has 2 aliphatic rings. The molecule has 1 aromatic heterocycles. The van der Waals surface area contributed by atoms with Crippen LogP contribution in [0.5, 0.6) is 0 Å². The van der Waals surface area contributed by atoms with E-state index >= 15 is 0 Å². The van der Waals surface area contributed by atoms with E-state index in [1.54, 1.807) is 4.90 Å². The van der Waals surface area contributed by atoms with Crippen molar-refractivity contribution < 1.29 is 49.4 Å². The molecule has 1 atom stereocenters. The SMILES string of the molecule is CCC(c1ccc(C(F)(F)F)cc1CN(Cc1cc(C(F)(F)F)cc(C(F)(F)F)c1)c1nnn(C)n1)N1CCC(O)(CN2CCCC2=O)CC1. The van der Waals surface area contributed by atoms with Gasteiger partial charge in [-0.1, -0.05) is 18.1 Å². The number of likely N-dealkylation sites (tertiary alicyclic amines) is 2. The molecular formula is C32H36F9N7O2. The first kappa shape index (κ1) is 37.3. The van der Waals surface area contributed by atoms with E-state index in [0.29, 0.717) is 69.4 Å². The van der Waals surface area contributed by atoms with Gasteiger partial charge in [0.1, 0.15) is 0 Å². The van der Waals surface area contributed by atoms with Crippen LogP contribution in [0.2, 0.25) is 0 Å². The van der Waals surface area contributed by atoms with Gasteiger partial charge in [0, 0.05) is 51.7 Å². The molecule has 0 radical (unpaired) electrons. The van der Waals surface area contributed by atoms with Crippen LogP contribution in [0.15, 0.2) is 36.4 Å². The standard InChI is InChI=1S/C32H36F9N7O2/c1-3-26(46-11-8-29(50,9-12-46)19-47-10-4-5-27(47)49)25-7-6-22(30(33,34)35)15-21(25)18-48(28-42-44-45(2)43-28)17-20-13-23(31(36,37)38)16-24(14-20)32(39,40)41/h6-7,13-16,26,50H,3-5,8-12,17-19H2,1-2H3. The van der Waals surface area contributed by atoms with Crippen LogP contribution >= 0.6 is 0 Å². The zero-order valence-electron chi connectivity index (χ0n) is 27.2. The van der Waals surface area contributed by atoms with Crippen LogP contribution in [0.3, 0.4) is 0 Å². The Morgan fingerprint density at radius 3 is 2.00 bits per heavy atom. The number of alkyl halides is 9. The van der Waals surface area contributed by atoms with Gasteiger partial charge < -0.3 is 14.9 Å². The van der Waals surface area contributed by atoms with Crippen LogP contribution in [-0.2, 0) is 43.5 Å². The van der Waals surface area contributed by atoms with E-state index in [4.69, 9.17) is 0 Å². The average molecular weight is 722 g/mol. The lowest BCUT2D eigenvalue weighted by atomic mass is 9.87. The van der Waals surface area contributed by atoms with Gasteiger partial charge in [0.05, 0.1) is 29.3 Å². The summed E-state index contributed by atoms with van der Waals surface area (Å²) < 4.78 is 124. The number of tetrazole rings is 1. The molecule has 50 heavy (non-hydrogen) atoms. The molecule has 0 aliphatic carbocycles. The van der Waals surface area contributed by atoms with Gasteiger partial charge in [-0.3, -0.25) is 9.69 Å². The minimum Gasteiger partial charge on any atom is -0.388 e. The molecule has 5 rings (SSSR count). The molecule has 0 saturated carbocycles. The number of β-amino-alcohol motifs (C(OH)–C–C–N with tert-alkyl or cyclic N) is 1. The Morgan fingerprint density at radius 2 is 1.50 bits per heavy atom. The summed E-state index contributed by atoms with van der Waals surface area (Å²) in [6, 6.07) is 3.78. The average Bonchev–Trinajstić information content (AvgIpc) is 3.64. The van der Waals surface area contributed by atoms with Crippen LogP contribution in [0.25, 0.3) is 0 Å². The smallest absolute Gasteiger partial charge is 0.388 e. The summed E-state index contributed by atoms with van der Waals surface area (Å²) in [6.07, 6.45) is -12.8. The Kier molecular flexibility index (Phi) is 10.5. The number of hydrogen-bond acceptors (Lipinski definition) is 7. The highest BCUT2D eigenvalue weighted by atomic mass is 19.4. The van der Waals surface area contributed by atoms with Crippen LogP contribution < -0.4 is 4.90 Å². The Balaban J connectivity index is 1.49.